The third-order valence-electron chi connectivity index (χ3n) is 4.68. The summed E-state index contributed by atoms with van der Waals surface area (Å²) < 4.78 is 28.6. The molecule has 1 aromatic rings. The summed E-state index contributed by atoms with van der Waals surface area (Å²) >= 11 is 0. The third kappa shape index (κ3) is 4.24. The number of aromatic nitrogens is 1. The van der Waals surface area contributed by atoms with Crippen LogP contribution in [-0.4, -0.2) is 30.0 Å². The standard InChI is InChI=1S/C16H20F2N2O2.Li/c17-16(18)6-9-20(8-5-12(16)10-11-3-4-11)14-13(15(21)22)2-1-7-19-14;/h1-2,7,11-12H,3-6,8-10H2,(H,21,22);/q;+1/p-1. The fraction of sp³-hybridized carbons (Fsp3) is 0.625. The topological polar surface area (TPSA) is 56.3 Å². The smallest absolute Gasteiger partial charge is 0.545 e. The Morgan fingerprint density at radius 1 is 1.35 bits per heavy atom. The molecule has 1 saturated heterocycles. The van der Waals surface area contributed by atoms with E-state index in [0.29, 0.717) is 25.3 Å². The van der Waals surface area contributed by atoms with Crippen molar-refractivity contribution in [3.05, 3.63) is 23.9 Å². The number of halogens is 2. The Hall–Kier alpha value is -1.12. The zero-order valence-electron chi connectivity index (χ0n) is 13.3. The molecule has 0 radical (unpaired) electrons. The summed E-state index contributed by atoms with van der Waals surface area (Å²) in [7, 11) is 0. The van der Waals surface area contributed by atoms with E-state index in [1.54, 1.807) is 4.90 Å². The van der Waals surface area contributed by atoms with E-state index >= 15 is 0 Å². The fourth-order valence-corrected chi connectivity index (χ4v) is 3.19. The van der Waals surface area contributed by atoms with Crippen LogP contribution in [0.5, 0.6) is 0 Å². The minimum atomic E-state index is -2.69. The Kier molecular flexibility index (Phi) is 5.69. The van der Waals surface area contributed by atoms with Gasteiger partial charge in [0.05, 0.1) is 5.97 Å². The van der Waals surface area contributed by atoms with Crippen LogP contribution >= 0.6 is 0 Å². The summed E-state index contributed by atoms with van der Waals surface area (Å²) in [5.41, 5.74) is -0.0357. The molecule has 2 heterocycles. The molecule has 1 aromatic heterocycles. The predicted octanol–water partition coefficient (Wildman–Crippen LogP) is -0.899. The first-order valence-corrected chi connectivity index (χ1v) is 7.76. The van der Waals surface area contributed by atoms with E-state index in [9.17, 15) is 18.7 Å². The first-order chi connectivity index (χ1) is 10.5. The number of anilines is 1. The molecule has 3 rings (SSSR count). The maximum absolute atomic E-state index is 14.3. The van der Waals surface area contributed by atoms with Gasteiger partial charge in [-0.3, -0.25) is 0 Å². The Bertz CT molecular complexity index is 567. The minimum Gasteiger partial charge on any atom is -0.545 e. The van der Waals surface area contributed by atoms with Crippen molar-refractivity contribution in [3.8, 4) is 0 Å². The summed E-state index contributed by atoms with van der Waals surface area (Å²) in [4.78, 5) is 16.9. The van der Waals surface area contributed by atoms with Crippen LogP contribution in [0.2, 0.25) is 0 Å². The summed E-state index contributed by atoms with van der Waals surface area (Å²) in [6, 6.07) is 2.92. The van der Waals surface area contributed by atoms with Crippen LogP contribution in [-0.2, 0) is 0 Å². The summed E-state index contributed by atoms with van der Waals surface area (Å²) in [5.74, 6) is -3.93. The van der Waals surface area contributed by atoms with Crippen molar-refractivity contribution in [3.63, 3.8) is 0 Å². The van der Waals surface area contributed by atoms with Gasteiger partial charge < -0.3 is 14.8 Å². The van der Waals surface area contributed by atoms with Gasteiger partial charge in [-0.2, -0.15) is 0 Å². The van der Waals surface area contributed by atoms with Gasteiger partial charge in [-0.25, -0.2) is 13.8 Å². The average molecular weight is 316 g/mol. The van der Waals surface area contributed by atoms with E-state index in [1.165, 1.54) is 18.3 Å². The summed E-state index contributed by atoms with van der Waals surface area (Å²) in [6.07, 6.45) is 4.29. The van der Waals surface area contributed by atoms with E-state index < -0.39 is 17.8 Å². The van der Waals surface area contributed by atoms with Crippen molar-refractivity contribution < 1.29 is 37.5 Å². The molecule has 1 unspecified atom stereocenters. The quantitative estimate of drug-likeness (QED) is 0.676. The first-order valence-electron chi connectivity index (χ1n) is 7.76. The molecule has 0 bridgehead atoms. The number of alkyl halides is 2. The second-order valence-electron chi connectivity index (χ2n) is 6.32. The molecule has 2 aliphatic rings. The van der Waals surface area contributed by atoms with Crippen molar-refractivity contribution >= 4 is 11.8 Å². The molecule has 0 spiro atoms. The first kappa shape index (κ1) is 18.2. The molecular weight excluding hydrogens is 297 g/mol. The van der Waals surface area contributed by atoms with E-state index in [4.69, 9.17) is 0 Å². The molecule has 0 N–H and O–H groups in total. The number of nitrogens with zero attached hydrogens (tertiary/aromatic N) is 2. The summed E-state index contributed by atoms with van der Waals surface area (Å²) in [6.45, 7) is 0.524. The maximum atomic E-state index is 14.3. The number of hydrogen-bond acceptors (Lipinski definition) is 4. The number of carboxylic acid groups (broad SMARTS) is 1. The van der Waals surface area contributed by atoms with Crippen LogP contribution in [0.1, 0.15) is 42.5 Å². The number of aromatic carboxylic acids is 1. The SMILES string of the molecule is O=C([O-])c1cccnc1N1CCC(CC2CC2)C(F)(F)CC1.[Li+]. The van der Waals surface area contributed by atoms with Crippen LogP contribution in [0.15, 0.2) is 18.3 Å². The van der Waals surface area contributed by atoms with Gasteiger partial charge in [0.25, 0.3) is 5.92 Å². The molecule has 0 aromatic carbocycles. The van der Waals surface area contributed by atoms with Crippen molar-refractivity contribution in [2.75, 3.05) is 18.0 Å². The van der Waals surface area contributed by atoms with E-state index in [0.717, 1.165) is 12.8 Å². The van der Waals surface area contributed by atoms with Gasteiger partial charge in [-0.1, -0.05) is 12.8 Å². The van der Waals surface area contributed by atoms with Gasteiger partial charge in [0, 0.05) is 37.2 Å². The van der Waals surface area contributed by atoms with Crippen LogP contribution in [0.25, 0.3) is 0 Å². The maximum Gasteiger partial charge on any atom is 1.00 e. The molecule has 1 saturated carbocycles. The van der Waals surface area contributed by atoms with Crippen LogP contribution in [0.4, 0.5) is 14.6 Å². The largest absolute Gasteiger partial charge is 1.00 e. The average Bonchev–Trinajstić information content (AvgIpc) is 3.30. The zero-order chi connectivity index (χ0) is 15.7. The van der Waals surface area contributed by atoms with Crippen LogP contribution in [0.3, 0.4) is 0 Å². The predicted molar refractivity (Wildman–Crippen MR) is 75.8 cm³/mol. The molecule has 23 heavy (non-hydrogen) atoms. The second kappa shape index (κ2) is 7.19. The number of rotatable bonds is 4. The van der Waals surface area contributed by atoms with Crippen molar-refractivity contribution in [2.24, 2.45) is 11.8 Å². The van der Waals surface area contributed by atoms with E-state index in [1.807, 2.05) is 0 Å². The zero-order valence-corrected chi connectivity index (χ0v) is 13.3. The summed E-state index contributed by atoms with van der Waals surface area (Å²) in [5, 5.41) is 11.2. The van der Waals surface area contributed by atoms with Gasteiger partial charge >= 0.3 is 18.9 Å². The minimum absolute atomic E-state index is 0. The number of hydrogen-bond donors (Lipinski definition) is 0. The third-order valence-corrected chi connectivity index (χ3v) is 4.68. The monoisotopic (exact) mass is 316 g/mol. The number of pyridine rings is 1. The molecule has 4 nitrogen and oxygen atoms in total. The Morgan fingerprint density at radius 3 is 2.74 bits per heavy atom. The van der Waals surface area contributed by atoms with Crippen molar-refractivity contribution in [1.82, 2.24) is 4.98 Å². The molecule has 120 valence electrons. The fourth-order valence-electron chi connectivity index (χ4n) is 3.19. The Labute approximate surface area is 146 Å². The number of carbonyl (C=O) groups excluding carboxylic acids is 1. The van der Waals surface area contributed by atoms with Gasteiger partial charge in [-0.15, -0.1) is 0 Å². The van der Waals surface area contributed by atoms with Crippen molar-refractivity contribution in [1.29, 1.82) is 0 Å². The molecule has 2 fully saturated rings. The number of carbonyl (C=O) groups is 1. The normalized spacial score (nSPS) is 23.7. The molecule has 1 aliphatic heterocycles. The van der Waals surface area contributed by atoms with Gasteiger partial charge in [0.1, 0.15) is 5.82 Å². The van der Waals surface area contributed by atoms with Crippen LogP contribution < -0.4 is 28.9 Å². The molecule has 1 aliphatic carbocycles. The molecule has 1 atom stereocenters. The van der Waals surface area contributed by atoms with Crippen molar-refractivity contribution in [2.45, 2.75) is 38.0 Å². The van der Waals surface area contributed by atoms with E-state index in [2.05, 4.69) is 4.98 Å². The Balaban J connectivity index is 0.00000192. The second-order valence-corrected chi connectivity index (χ2v) is 6.32. The molecular formula is C16H19F2LiN2O2. The number of carboxylic acids is 1. The van der Waals surface area contributed by atoms with Gasteiger partial charge in [0.15, 0.2) is 0 Å². The van der Waals surface area contributed by atoms with Gasteiger partial charge in [-0.05, 0) is 30.9 Å². The Morgan fingerprint density at radius 2 is 2.09 bits per heavy atom. The van der Waals surface area contributed by atoms with Gasteiger partial charge in [0.2, 0.25) is 0 Å². The molecule has 0 amide bonds. The van der Waals surface area contributed by atoms with E-state index in [-0.39, 0.29) is 43.2 Å². The van der Waals surface area contributed by atoms with Crippen LogP contribution in [0, 0.1) is 11.8 Å². The molecule has 7 heteroatoms.